The van der Waals surface area contributed by atoms with Crippen LogP contribution in [0.5, 0.6) is 11.5 Å². The van der Waals surface area contributed by atoms with Gasteiger partial charge in [-0.3, -0.25) is 25.8 Å². The Morgan fingerprint density at radius 3 is 2.30 bits per heavy atom. The van der Waals surface area contributed by atoms with Crippen LogP contribution in [-0.4, -0.2) is 30.6 Å². The van der Waals surface area contributed by atoms with Crippen LogP contribution in [0.4, 0.5) is 0 Å². The number of thiocarbonyl (C=S) groups is 1. The van der Waals surface area contributed by atoms with Crippen molar-refractivity contribution in [3.63, 3.8) is 0 Å². The molecule has 0 saturated carbocycles. The van der Waals surface area contributed by atoms with Crippen molar-refractivity contribution in [1.82, 2.24) is 16.2 Å². The first kappa shape index (κ1) is 23.9. The van der Waals surface area contributed by atoms with Gasteiger partial charge in [-0.1, -0.05) is 13.8 Å². The highest BCUT2D eigenvalue weighted by Gasteiger charge is 2.11. The van der Waals surface area contributed by atoms with Crippen LogP contribution in [-0.2, 0) is 0 Å². The fraction of sp³-hybridized carbons (Fsp3) is 0.286. The summed E-state index contributed by atoms with van der Waals surface area (Å²) in [5.41, 5.74) is 5.82. The maximum absolute atomic E-state index is 12.3. The molecule has 30 heavy (non-hydrogen) atoms. The van der Waals surface area contributed by atoms with E-state index < -0.39 is 11.8 Å². The molecule has 9 heteroatoms. The molecule has 0 radical (unpaired) electrons. The molecule has 0 fully saturated rings. The largest absolute Gasteiger partial charge is 0.496 e. The van der Waals surface area contributed by atoms with E-state index in [2.05, 4.69) is 52.6 Å². The van der Waals surface area contributed by atoms with Crippen LogP contribution >= 0.6 is 34.8 Å². The second-order valence-corrected chi connectivity index (χ2v) is 8.34. The van der Waals surface area contributed by atoms with E-state index in [9.17, 15) is 9.59 Å². The first-order chi connectivity index (χ1) is 14.3. The second-order valence-electron chi connectivity index (χ2n) is 6.77. The summed E-state index contributed by atoms with van der Waals surface area (Å²) in [6, 6.07) is 11.8. The van der Waals surface area contributed by atoms with Gasteiger partial charge in [0.15, 0.2) is 5.11 Å². The maximum Gasteiger partial charge on any atom is 0.269 e. The van der Waals surface area contributed by atoms with E-state index >= 15 is 0 Å². The molecule has 3 N–H and O–H groups in total. The Morgan fingerprint density at radius 2 is 1.70 bits per heavy atom. The van der Waals surface area contributed by atoms with Crippen LogP contribution in [0.25, 0.3) is 0 Å². The minimum atomic E-state index is -0.394. The number of halogens is 1. The van der Waals surface area contributed by atoms with E-state index in [-0.39, 0.29) is 5.11 Å². The van der Waals surface area contributed by atoms with Crippen LogP contribution in [0.1, 0.15) is 41.0 Å². The summed E-state index contributed by atoms with van der Waals surface area (Å²) in [7, 11) is 1.56. The number of methoxy groups -OCH3 is 1. The molecule has 0 aliphatic heterocycles. The van der Waals surface area contributed by atoms with Gasteiger partial charge in [0.1, 0.15) is 11.5 Å². The Bertz CT molecular complexity index is 904. The van der Waals surface area contributed by atoms with E-state index in [0.717, 1.165) is 9.99 Å². The van der Waals surface area contributed by atoms with Crippen LogP contribution in [0, 0.1) is 9.49 Å². The van der Waals surface area contributed by atoms with Crippen molar-refractivity contribution >= 4 is 51.7 Å². The number of amides is 2. The normalized spacial score (nSPS) is 10.3. The summed E-state index contributed by atoms with van der Waals surface area (Å²) < 4.78 is 11.6. The molecule has 0 saturated heterocycles. The first-order valence-electron chi connectivity index (χ1n) is 9.28. The Hall–Kier alpha value is -2.40. The molecule has 2 aromatic rings. The minimum absolute atomic E-state index is 0.0196. The summed E-state index contributed by atoms with van der Waals surface area (Å²) in [6.45, 7) is 4.89. The number of rotatable bonds is 7. The monoisotopic (exact) mass is 541 g/mol. The number of hydrazine groups is 1. The van der Waals surface area contributed by atoms with Gasteiger partial charge in [0.25, 0.3) is 11.8 Å². The zero-order valence-electron chi connectivity index (χ0n) is 17.0. The first-order valence-corrected chi connectivity index (χ1v) is 10.8. The smallest absolute Gasteiger partial charge is 0.269 e. The van der Waals surface area contributed by atoms with Crippen molar-refractivity contribution in [2.75, 3.05) is 13.7 Å². The minimum Gasteiger partial charge on any atom is -0.496 e. The van der Waals surface area contributed by atoms with Gasteiger partial charge in [0.05, 0.1) is 17.3 Å². The van der Waals surface area contributed by atoms with Crippen LogP contribution in [0.15, 0.2) is 42.5 Å². The molecule has 0 heterocycles. The molecule has 2 rings (SSSR count). The molecule has 0 aromatic heterocycles. The van der Waals surface area contributed by atoms with Crippen molar-refractivity contribution in [3.05, 3.63) is 57.2 Å². The highest BCUT2D eigenvalue weighted by molar-refractivity contribution is 14.1. The zero-order chi connectivity index (χ0) is 22.1. The van der Waals surface area contributed by atoms with Gasteiger partial charge in [-0.25, -0.2) is 0 Å². The van der Waals surface area contributed by atoms with Crippen molar-refractivity contribution in [1.29, 1.82) is 0 Å². The van der Waals surface area contributed by atoms with Gasteiger partial charge in [0, 0.05) is 11.1 Å². The van der Waals surface area contributed by atoms with E-state index in [0.29, 0.717) is 35.2 Å². The van der Waals surface area contributed by atoms with E-state index in [1.807, 2.05) is 0 Å². The lowest BCUT2D eigenvalue weighted by Crippen LogP contribution is -2.48. The Balaban J connectivity index is 1.82. The number of carbonyl (C=O) groups is 2. The summed E-state index contributed by atoms with van der Waals surface area (Å²) in [5.74, 6) is 1.16. The number of hydrogen-bond acceptors (Lipinski definition) is 5. The van der Waals surface area contributed by atoms with Gasteiger partial charge in [-0.2, -0.15) is 0 Å². The summed E-state index contributed by atoms with van der Waals surface area (Å²) in [6.07, 6.45) is 0.962. The fourth-order valence-corrected chi connectivity index (χ4v) is 3.19. The predicted molar refractivity (Wildman–Crippen MR) is 128 cm³/mol. The molecular weight excluding hydrogens is 517 g/mol. The lowest BCUT2D eigenvalue weighted by atomic mass is 10.1. The molecule has 0 aliphatic carbocycles. The third-order valence-corrected chi connectivity index (χ3v) is 5.06. The number of nitrogens with one attached hydrogen (secondary N) is 3. The molecular formula is C21H24IN3O4S. The van der Waals surface area contributed by atoms with Gasteiger partial charge in [-0.15, -0.1) is 0 Å². The van der Waals surface area contributed by atoms with E-state index in [1.165, 1.54) is 0 Å². The van der Waals surface area contributed by atoms with Crippen LogP contribution < -0.4 is 25.6 Å². The topological polar surface area (TPSA) is 88.7 Å². The van der Waals surface area contributed by atoms with Crippen molar-refractivity contribution < 1.29 is 19.1 Å². The molecule has 0 aliphatic rings. The second kappa shape index (κ2) is 11.7. The third-order valence-electron chi connectivity index (χ3n) is 4.01. The molecule has 160 valence electrons. The summed E-state index contributed by atoms with van der Waals surface area (Å²) >= 11 is 7.15. The molecule has 7 nitrogen and oxygen atoms in total. The lowest BCUT2D eigenvalue weighted by Gasteiger charge is -2.12. The van der Waals surface area contributed by atoms with Gasteiger partial charge in [-0.05, 0) is 89.6 Å². The number of ether oxygens (including phenoxy) is 2. The summed E-state index contributed by atoms with van der Waals surface area (Å²) in [4.78, 5) is 24.5. The highest BCUT2D eigenvalue weighted by Crippen LogP contribution is 2.21. The molecule has 2 aromatic carbocycles. The molecule has 0 atom stereocenters. The van der Waals surface area contributed by atoms with E-state index in [1.54, 1.807) is 49.6 Å². The predicted octanol–water partition coefficient (Wildman–Crippen LogP) is 3.67. The molecule has 0 bridgehead atoms. The third kappa shape index (κ3) is 7.45. The average molecular weight is 541 g/mol. The molecule has 2 amide bonds. The van der Waals surface area contributed by atoms with Crippen molar-refractivity contribution in [2.45, 2.75) is 20.3 Å². The Kier molecular flexibility index (Phi) is 9.31. The van der Waals surface area contributed by atoms with E-state index in [4.69, 9.17) is 21.7 Å². The quantitative estimate of drug-likeness (QED) is 0.282. The SMILES string of the molecule is COc1ccc(C(=O)NNC(=S)NC(=O)c2ccc(OCCC(C)C)cc2)cc1I. The summed E-state index contributed by atoms with van der Waals surface area (Å²) in [5, 5.41) is 2.49. The lowest BCUT2D eigenvalue weighted by molar-refractivity contribution is 0.0934. The Labute approximate surface area is 195 Å². The van der Waals surface area contributed by atoms with Gasteiger partial charge in [0.2, 0.25) is 0 Å². The van der Waals surface area contributed by atoms with Crippen molar-refractivity contribution in [2.24, 2.45) is 5.92 Å². The zero-order valence-corrected chi connectivity index (χ0v) is 19.9. The highest BCUT2D eigenvalue weighted by atomic mass is 127. The number of carbonyl (C=O) groups excluding carboxylic acids is 2. The van der Waals surface area contributed by atoms with Crippen LogP contribution in [0.2, 0.25) is 0 Å². The van der Waals surface area contributed by atoms with Gasteiger partial charge < -0.3 is 9.47 Å². The molecule has 0 spiro atoms. The fourth-order valence-electron chi connectivity index (χ4n) is 2.31. The standard InChI is InChI=1S/C21H24IN3O4S/c1-13(2)10-11-29-16-7-4-14(5-8-16)19(26)23-21(30)25-24-20(27)15-6-9-18(28-3)17(22)12-15/h4-9,12-13H,10-11H2,1-3H3,(H,24,27)(H2,23,25,26,30). The Morgan fingerprint density at radius 1 is 1.03 bits per heavy atom. The number of benzene rings is 2. The van der Waals surface area contributed by atoms with Gasteiger partial charge >= 0.3 is 0 Å². The number of hydrogen-bond donors (Lipinski definition) is 3. The molecule has 0 unspecified atom stereocenters. The average Bonchev–Trinajstić information content (AvgIpc) is 2.72. The van der Waals surface area contributed by atoms with Crippen LogP contribution in [0.3, 0.4) is 0 Å². The maximum atomic E-state index is 12.3. The van der Waals surface area contributed by atoms with Crippen molar-refractivity contribution in [3.8, 4) is 11.5 Å².